The second kappa shape index (κ2) is 7.54. The van der Waals surface area contributed by atoms with Gasteiger partial charge in [0, 0.05) is 29.8 Å². The molecule has 1 saturated heterocycles. The number of rotatable bonds is 2. The van der Waals surface area contributed by atoms with Crippen molar-refractivity contribution in [2.75, 3.05) is 18.4 Å². The van der Waals surface area contributed by atoms with E-state index < -0.39 is 23.6 Å². The Kier molecular flexibility index (Phi) is 4.88. The minimum Gasteiger partial charge on any atom is -0.482 e. The van der Waals surface area contributed by atoms with Crippen LogP contribution in [-0.2, 0) is 9.53 Å². The van der Waals surface area contributed by atoms with Crippen molar-refractivity contribution in [1.82, 2.24) is 4.90 Å². The first kappa shape index (κ1) is 21.4. The number of carbonyl (C=O) groups is 2. The molecule has 0 unspecified atom stereocenters. The summed E-state index contributed by atoms with van der Waals surface area (Å²) >= 11 is 0. The molecule has 3 N–H and O–H groups in total. The second-order valence-electron chi connectivity index (χ2n) is 8.98. The van der Waals surface area contributed by atoms with Crippen LogP contribution in [0.15, 0.2) is 54.3 Å². The Hall–Kier alpha value is -3.49. The molecule has 0 spiro atoms. The van der Waals surface area contributed by atoms with Gasteiger partial charge in [-0.05, 0) is 55.8 Å². The Balaban J connectivity index is 1.46. The fourth-order valence-electron chi connectivity index (χ4n) is 4.52. The molecule has 33 heavy (non-hydrogen) atoms. The predicted molar refractivity (Wildman–Crippen MR) is 119 cm³/mol. The zero-order chi connectivity index (χ0) is 23.5. The van der Waals surface area contributed by atoms with E-state index in [9.17, 15) is 24.2 Å². The third-order valence-electron chi connectivity index (χ3n) is 6.25. The Morgan fingerprint density at radius 2 is 1.79 bits per heavy atom. The summed E-state index contributed by atoms with van der Waals surface area (Å²) < 4.78 is 19.7. The number of likely N-dealkylation sites (tertiary alicyclic amines) is 1. The number of carbonyl (C=O) groups excluding carboxylic acids is 2. The Morgan fingerprint density at radius 1 is 1.12 bits per heavy atom. The highest BCUT2D eigenvalue weighted by molar-refractivity contribution is 6.32. The van der Waals surface area contributed by atoms with Crippen LogP contribution in [-0.4, -0.2) is 57.8 Å². The van der Waals surface area contributed by atoms with Crippen LogP contribution in [0.1, 0.15) is 35.3 Å². The number of hydrogen-bond acceptors (Lipinski definition) is 5. The normalized spacial score (nSPS) is 25.5. The van der Waals surface area contributed by atoms with Crippen molar-refractivity contribution in [2.45, 2.75) is 31.7 Å². The molecule has 2 atom stereocenters. The van der Waals surface area contributed by atoms with Crippen molar-refractivity contribution in [2.24, 2.45) is 0 Å². The van der Waals surface area contributed by atoms with Gasteiger partial charge in [-0.3, -0.25) is 9.59 Å². The van der Waals surface area contributed by atoms with Crippen LogP contribution in [0.4, 0.5) is 10.1 Å². The van der Waals surface area contributed by atoms with E-state index in [1.807, 2.05) is 13.8 Å². The molecule has 2 amide bonds. The molecule has 2 aromatic rings. The van der Waals surface area contributed by atoms with Crippen LogP contribution in [0, 0.1) is 5.82 Å². The van der Waals surface area contributed by atoms with E-state index in [1.54, 1.807) is 36.4 Å². The number of ether oxygens (including phenoxy) is 1. The average Bonchev–Trinajstić information content (AvgIpc) is 3.38. The standard InChI is InChI=1S/C25H23FN2O5/c1-25(2)17(10-21(33-25)22-16-8-7-15(26)9-18(16)27-23(22)31)13-3-5-14(6-4-13)24(32)28-11-19(29)20(30)12-28/h3-10,19-20,29-30H,11-12H2,1-2H3,(H,27,31)/b22-21+/t19-,20-/m0/s1. The van der Waals surface area contributed by atoms with Gasteiger partial charge in [0.05, 0.1) is 23.5 Å². The number of hydrogen-bond donors (Lipinski definition) is 3. The van der Waals surface area contributed by atoms with Gasteiger partial charge in [0.15, 0.2) is 0 Å². The summed E-state index contributed by atoms with van der Waals surface area (Å²) in [6, 6.07) is 11.1. The molecular formula is C25H23FN2O5. The topological polar surface area (TPSA) is 99.1 Å². The fraction of sp³-hybridized carbons (Fsp3) is 0.280. The van der Waals surface area contributed by atoms with E-state index in [1.165, 1.54) is 17.0 Å². The summed E-state index contributed by atoms with van der Waals surface area (Å²) in [4.78, 5) is 26.7. The van der Waals surface area contributed by atoms with Crippen molar-refractivity contribution in [3.05, 3.63) is 76.8 Å². The lowest BCUT2D eigenvalue weighted by molar-refractivity contribution is -0.111. The van der Waals surface area contributed by atoms with Gasteiger partial charge in [-0.2, -0.15) is 0 Å². The maximum Gasteiger partial charge on any atom is 0.260 e. The van der Waals surface area contributed by atoms with E-state index in [-0.39, 0.29) is 24.9 Å². The minimum absolute atomic E-state index is 0.0954. The minimum atomic E-state index is -0.935. The lowest BCUT2D eigenvalue weighted by atomic mass is 9.91. The number of halogens is 1. The molecule has 2 aromatic carbocycles. The van der Waals surface area contributed by atoms with Crippen molar-refractivity contribution >= 4 is 28.6 Å². The summed E-state index contributed by atoms with van der Waals surface area (Å²) in [5.74, 6) is -0.646. The smallest absolute Gasteiger partial charge is 0.260 e. The summed E-state index contributed by atoms with van der Waals surface area (Å²) in [7, 11) is 0. The molecular weight excluding hydrogens is 427 g/mol. The first-order valence-electron chi connectivity index (χ1n) is 10.7. The summed E-state index contributed by atoms with van der Waals surface area (Å²) in [6.07, 6.45) is -0.0661. The molecule has 3 heterocycles. The molecule has 3 aliphatic heterocycles. The SMILES string of the molecule is CC1(C)O/C(=C2/C(=O)Nc3cc(F)ccc32)C=C1c1ccc(C(=O)N2C[C@H](O)[C@@H](O)C2)cc1. The number of benzene rings is 2. The van der Waals surface area contributed by atoms with Crippen LogP contribution in [0.25, 0.3) is 11.1 Å². The van der Waals surface area contributed by atoms with E-state index in [4.69, 9.17) is 4.74 Å². The Morgan fingerprint density at radius 3 is 2.45 bits per heavy atom. The number of anilines is 1. The average molecular weight is 450 g/mol. The summed E-state index contributed by atoms with van der Waals surface area (Å²) in [5.41, 5.74) is 2.71. The van der Waals surface area contributed by atoms with Crippen LogP contribution in [0.2, 0.25) is 0 Å². The van der Waals surface area contributed by atoms with Gasteiger partial charge in [0.25, 0.3) is 11.8 Å². The molecule has 0 aromatic heterocycles. The molecule has 0 saturated carbocycles. The first-order chi connectivity index (χ1) is 15.6. The van der Waals surface area contributed by atoms with Gasteiger partial charge in [0.2, 0.25) is 0 Å². The molecule has 7 nitrogen and oxygen atoms in total. The van der Waals surface area contributed by atoms with E-state index in [0.29, 0.717) is 28.1 Å². The van der Waals surface area contributed by atoms with Crippen molar-refractivity contribution < 1.29 is 28.9 Å². The van der Waals surface area contributed by atoms with Crippen LogP contribution >= 0.6 is 0 Å². The number of nitrogens with one attached hydrogen (secondary N) is 1. The molecule has 0 aliphatic carbocycles. The van der Waals surface area contributed by atoms with Crippen LogP contribution in [0.5, 0.6) is 0 Å². The number of allylic oxidation sites excluding steroid dienone is 1. The molecule has 3 aliphatic rings. The number of aliphatic hydroxyl groups excluding tert-OH is 2. The highest BCUT2D eigenvalue weighted by Gasteiger charge is 2.38. The lowest BCUT2D eigenvalue weighted by Crippen LogP contribution is -2.29. The second-order valence-corrected chi connectivity index (χ2v) is 8.98. The quantitative estimate of drug-likeness (QED) is 0.611. The zero-order valence-electron chi connectivity index (χ0n) is 18.1. The summed E-state index contributed by atoms with van der Waals surface area (Å²) in [6.45, 7) is 3.96. The number of amides is 2. The summed E-state index contributed by atoms with van der Waals surface area (Å²) in [5, 5.41) is 22.1. The van der Waals surface area contributed by atoms with E-state index in [0.717, 1.165) is 11.1 Å². The van der Waals surface area contributed by atoms with Gasteiger partial charge in [0.1, 0.15) is 17.2 Å². The predicted octanol–water partition coefficient (Wildman–Crippen LogP) is 2.56. The lowest BCUT2D eigenvalue weighted by Gasteiger charge is -2.23. The molecule has 0 radical (unpaired) electrons. The van der Waals surface area contributed by atoms with Crippen molar-refractivity contribution in [1.29, 1.82) is 0 Å². The monoisotopic (exact) mass is 450 g/mol. The third kappa shape index (κ3) is 3.61. The number of nitrogens with zero attached hydrogens (tertiary/aromatic N) is 1. The van der Waals surface area contributed by atoms with Gasteiger partial charge >= 0.3 is 0 Å². The molecule has 8 heteroatoms. The highest BCUT2D eigenvalue weighted by atomic mass is 19.1. The molecule has 170 valence electrons. The highest BCUT2D eigenvalue weighted by Crippen LogP contribution is 2.44. The first-order valence-corrected chi connectivity index (χ1v) is 10.7. The molecule has 5 rings (SSSR count). The van der Waals surface area contributed by atoms with Gasteiger partial charge in [-0.25, -0.2) is 4.39 Å². The largest absolute Gasteiger partial charge is 0.482 e. The van der Waals surface area contributed by atoms with E-state index >= 15 is 0 Å². The van der Waals surface area contributed by atoms with Crippen molar-refractivity contribution in [3.8, 4) is 0 Å². The zero-order valence-corrected chi connectivity index (χ0v) is 18.1. The number of fused-ring (bicyclic) bond motifs is 1. The van der Waals surface area contributed by atoms with Crippen LogP contribution < -0.4 is 5.32 Å². The maximum atomic E-state index is 13.6. The van der Waals surface area contributed by atoms with Gasteiger partial charge < -0.3 is 25.2 Å². The Bertz CT molecular complexity index is 1220. The molecule has 1 fully saturated rings. The van der Waals surface area contributed by atoms with Gasteiger partial charge in [-0.1, -0.05) is 12.1 Å². The van der Waals surface area contributed by atoms with E-state index in [2.05, 4.69) is 5.32 Å². The fourth-order valence-corrected chi connectivity index (χ4v) is 4.52. The molecule has 0 bridgehead atoms. The Labute approximate surface area is 189 Å². The number of aliphatic hydroxyl groups is 2. The maximum absolute atomic E-state index is 13.6. The van der Waals surface area contributed by atoms with Gasteiger partial charge in [-0.15, -0.1) is 0 Å². The third-order valence-corrected chi connectivity index (χ3v) is 6.25. The van der Waals surface area contributed by atoms with Crippen molar-refractivity contribution in [3.63, 3.8) is 0 Å². The van der Waals surface area contributed by atoms with Crippen LogP contribution in [0.3, 0.4) is 0 Å². The number of β-amino-alcohol motifs (C(OH)–C–C–N with tert-alkyl or cyclic N) is 2.